The lowest BCUT2D eigenvalue weighted by Crippen LogP contribution is -2.40. The fourth-order valence-electron chi connectivity index (χ4n) is 3.65. The van der Waals surface area contributed by atoms with Crippen LogP contribution in [0.2, 0.25) is 0 Å². The Morgan fingerprint density at radius 2 is 1.97 bits per heavy atom. The smallest absolute Gasteiger partial charge is 0.191 e. The van der Waals surface area contributed by atoms with Gasteiger partial charge in [-0.1, -0.05) is 42.5 Å². The van der Waals surface area contributed by atoms with E-state index >= 15 is 0 Å². The van der Waals surface area contributed by atoms with E-state index in [0.29, 0.717) is 12.5 Å². The van der Waals surface area contributed by atoms with Crippen molar-refractivity contribution in [3.63, 3.8) is 0 Å². The predicted octanol–water partition coefficient (Wildman–Crippen LogP) is 4.23. The summed E-state index contributed by atoms with van der Waals surface area (Å²) in [5, 5.41) is 6.89. The van der Waals surface area contributed by atoms with Crippen molar-refractivity contribution in [2.75, 3.05) is 20.2 Å². The van der Waals surface area contributed by atoms with E-state index in [1.165, 1.54) is 11.1 Å². The molecule has 0 radical (unpaired) electrons. The molecule has 3 rings (SSSR count). The average Bonchev–Trinajstić information content (AvgIpc) is 3.18. The van der Waals surface area contributed by atoms with Gasteiger partial charge < -0.3 is 20.1 Å². The first-order chi connectivity index (χ1) is 14.1. The molecule has 2 unspecified atom stereocenters. The predicted molar refractivity (Wildman–Crippen MR) is 118 cm³/mol. The Kier molecular flexibility index (Phi) is 7.53. The molecular weight excluding hydrogens is 362 g/mol. The van der Waals surface area contributed by atoms with Crippen molar-refractivity contribution in [2.45, 2.75) is 45.9 Å². The monoisotopic (exact) mass is 395 g/mol. The fourth-order valence-corrected chi connectivity index (χ4v) is 3.65. The summed E-state index contributed by atoms with van der Waals surface area (Å²) < 4.78 is 12.0. The van der Waals surface area contributed by atoms with Gasteiger partial charge in [0.2, 0.25) is 0 Å². The van der Waals surface area contributed by atoms with E-state index in [0.717, 1.165) is 36.8 Å². The number of hydrogen-bond acceptors (Lipinski definition) is 3. The van der Waals surface area contributed by atoms with Gasteiger partial charge in [0, 0.05) is 38.2 Å². The molecule has 1 fully saturated rings. The van der Waals surface area contributed by atoms with Crippen LogP contribution in [0.3, 0.4) is 0 Å². The van der Waals surface area contributed by atoms with Crippen LogP contribution in [0.15, 0.2) is 53.5 Å². The maximum Gasteiger partial charge on any atom is 0.191 e. The summed E-state index contributed by atoms with van der Waals surface area (Å²) in [7, 11) is 1.80. The number of nitrogens with one attached hydrogen (secondary N) is 2. The molecule has 5 heteroatoms. The third kappa shape index (κ3) is 5.97. The van der Waals surface area contributed by atoms with Gasteiger partial charge in [-0.3, -0.25) is 4.99 Å². The second kappa shape index (κ2) is 10.3. The van der Waals surface area contributed by atoms with Crippen LogP contribution in [0.25, 0.3) is 0 Å². The summed E-state index contributed by atoms with van der Waals surface area (Å²) in [6.45, 7) is 8.46. The molecule has 0 spiro atoms. The maximum absolute atomic E-state index is 5.99. The molecule has 0 amide bonds. The van der Waals surface area contributed by atoms with Gasteiger partial charge >= 0.3 is 0 Å². The van der Waals surface area contributed by atoms with Gasteiger partial charge in [0.25, 0.3) is 0 Å². The molecule has 0 bridgehead atoms. The van der Waals surface area contributed by atoms with Crippen LogP contribution in [0.4, 0.5) is 0 Å². The van der Waals surface area contributed by atoms with Gasteiger partial charge in [-0.05, 0) is 44.4 Å². The summed E-state index contributed by atoms with van der Waals surface area (Å²) in [5.41, 5.74) is 3.56. The largest absolute Gasteiger partial charge is 0.491 e. The highest BCUT2D eigenvalue weighted by Crippen LogP contribution is 2.33. The van der Waals surface area contributed by atoms with Gasteiger partial charge in [-0.25, -0.2) is 0 Å². The van der Waals surface area contributed by atoms with Gasteiger partial charge in [-0.15, -0.1) is 0 Å². The molecule has 156 valence electrons. The van der Waals surface area contributed by atoms with Crippen molar-refractivity contribution < 1.29 is 9.47 Å². The number of nitrogens with zero attached hydrogens (tertiary/aromatic N) is 1. The van der Waals surface area contributed by atoms with E-state index in [1.807, 2.05) is 19.9 Å². The normalized spacial score (nSPS) is 19.4. The number of aliphatic imine (C=N–C) groups is 1. The summed E-state index contributed by atoms with van der Waals surface area (Å²) in [5.74, 6) is 2.14. The number of ether oxygens (including phenoxy) is 2. The van der Waals surface area contributed by atoms with Crippen LogP contribution in [-0.2, 0) is 11.3 Å². The van der Waals surface area contributed by atoms with Crippen molar-refractivity contribution in [3.8, 4) is 5.75 Å². The van der Waals surface area contributed by atoms with E-state index in [2.05, 4.69) is 65.0 Å². The molecular formula is C24H33N3O2. The second-order valence-electron chi connectivity index (χ2n) is 7.84. The summed E-state index contributed by atoms with van der Waals surface area (Å²) in [6.07, 6.45) is 1.34. The van der Waals surface area contributed by atoms with Crippen molar-refractivity contribution in [3.05, 3.63) is 65.2 Å². The molecule has 0 saturated carbocycles. The number of rotatable bonds is 7. The first-order valence-corrected chi connectivity index (χ1v) is 10.4. The number of benzene rings is 2. The standard InChI is InChI=1S/C24H33N3O2/c1-17(2)29-22-14-18(3)10-11-20(22)15-26-24(25-4)27-16-21-12-13-28-23(21)19-8-6-5-7-9-19/h5-11,14,17,21,23H,12-13,15-16H2,1-4H3,(H2,25,26,27). The topological polar surface area (TPSA) is 54.9 Å². The minimum Gasteiger partial charge on any atom is -0.491 e. The van der Waals surface area contributed by atoms with E-state index in [-0.39, 0.29) is 12.2 Å². The number of guanidine groups is 1. The van der Waals surface area contributed by atoms with E-state index < -0.39 is 0 Å². The van der Waals surface area contributed by atoms with Crippen LogP contribution in [0.1, 0.15) is 43.1 Å². The quantitative estimate of drug-likeness (QED) is 0.544. The minimum atomic E-state index is 0.143. The number of hydrogen-bond donors (Lipinski definition) is 2. The molecule has 0 aliphatic carbocycles. The average molecular weight is 396 g/mol. The van der Waals surface area contributed by atoms with E-state index in [4.69, 9.17) is 9.47 Å². The Morgan fingerprint density at radius 1 is 1.17 bits per heavy atom. The number of aryl methyl sites for hydroxylation is 1. The van der Waals surface area contributed by atoms with E-state index in [1.54, 1.807) is 7.05 Å². The third-order valence-electron chi connectivity index (χ3n) is 5.13. The molecule has 2 atom stereocenters. The van der Waals surface area contributed by atoms with Crippen LogP contribution in [-0.4, -0.2) is 32.3 Å². The zero-order chi connectivity index (χ0) is 20.6. The zero-order valence-corrected chi connectivity index (χ0v) is 17.9. The summed E-state index contributed by atoms with van der Waals surface area (Å²) in [4.78, 5) is 4.38. The Morgan fingerprint density at radius 3 is 2.69 bits per heavy atom. The van der Waals surface area contributed by atoms with Crippen LogP contribution < -0.4 is 15.4 Å². The summed E-state index contributed by atoms with van der Waals surface area (Å²) >= 11 is 0. The lowest BCUT2D eigenvalue weighted by molar-refractivity contribution is 0.0915. The molecule has 2 aromatic carbocycles. The zero-order valence-electron chi connectivity index (χ0n) is 17.9. The second-order valence-corrected chi connectivity index (χ2v) is 7.84. The summed E-state index contributed by atoms with van der Waals surface area (Å²) in [6, 6.07) is 16.8. The molecule has 2 aromatic rings. The lowest BCUT2D eigenvalue weighted by atomic mass is 9.95. The Balaban J connectivity index is 1.56. The highest BCUT2D eigenvalue weighted by molar-refractivity contribution is 5.79. The van der Waals surface area contributed by atoms with Crippen molar-refractivity contribution in [2.24, 2.45) is 10.9 Å². The maximum atomic E-state index is 5.99. The highest BCUT2D eigenvalue weighted by Gasteiger charge is 2.29. The molecule has 1 saturated heterocycles. The van der Waals surface area contributed by atoms with Gasteiger partial charge in [-0.2, -0.15) is 0 Å². The lowest BCUT2D eigenvalue weighted by Gasteiger charge is -2.21. The van der Waals surface area contributed by atoms with Crippen molar-refractivity contribution in [1.82, 2.24) is 10.6 Å². The van der Waals surface area contributed by atoms with Crippen LogP contribution in [0, 0.1) is 12.8 Å². The third-order valence-corrected chi connectivity index (χ3v) is 5.13. The molecule has 2 N–H and O–H groups in total. The minimum absolute atomic E-state index is 0.143. The van der Waals surface area contributed by atoms with Crippen LogP contribution in [0.5, 0.6) is 5.75 Å². The highest BCUT2D eigenvalue weighted by atomic mass is 16.5. The van der Waals surface area contributed by atoms with Crippen molar-refractivity contribution in [1.29, 1.82) is 0 Å². The van der Waals surface area contributed by atoms with Gasteiger partial charge in [0.05, 0.1) is 12.2 Å². The Bertz CT molecular complexity index is 805. The SMILES string of the molecule is CN=C(NCc1ccc(C)cc1OC(C)C)NCC1CCOC1c1ccccc1. The van der Waals surface area contributed by atoms with Gasteiger partial charge in [0.15, 0.2) is 5.96 Å². The first kappa shape index (κ1) is 21.2. The van der Waals surface area contributed by atoms with E-state index in [9.17, 15) is 0 Å². The van der Waals surface area contributed by atoms with Crippen molar-refractivity contribution >= 4 is 5.96 Å². The fraction of sp³-hybridized carbons (Fsp3) is 0.458. The molecule has 29 heavy (non-hydrogen) atoms. The molecule has 1 aliphatic rings. The molecule has 5 nitrogen and oxygen atoms in total. The molecule has 1 aliphatic heterocycles. The van der Waals surface area contributed by atoms with Gasteiger partial charge in [0.1, 0.15) is 5.75 Å². The Labute approximate surface area is 174 Å². The molecule has 0 aromatic heterocycles. The first-order valence-electron chi connectivity index (χ1n) is 10.4. The Hall–Kier alpha value is -2.53. The molecule has 1 heterocycles. The van der Waals surface area contributed by atoms with Crippen LogP contribution >= 0.6 is 0 Å².